The predicted octanol–water partition coefficient (Wildman–Crippen LogP) is 5.53. The molecule has 3 saturated heterocycles. The zero-order valence-electron chi connectivity index (χ0n) is 34.7. The van der Waals surface area contributed by atoms with Crippen LogP contribution in [0.2, 0.25) is 0 Å². The van der Waals surface area contributed by atoms with Gasteiger partial charge in [-0.15, -0.1) is 0 Å². The molecule has 1 aromatic heterocycles. The van der Waals surface area contributed by atoms with E-state index in [1.807, 2.05) is 0 Å². The molecule has 1 aliphatic carbocycles. The van der Waals surface area contributed by atoms with Crippen LogP contribution in [0.15, 0.2) is 36.4 Å². The molecular formula is C41H46F6N10O5S. The van der Waals surface area contributed by atoms with E-state index in [0.717, 1.165) is 21.9 Å². The van der Waals surface area contributed by atoms with Gasteiger partial charge in [-0.25, -0.2) is 4.79 Å². The summed E-state index contributed by atoms with van der Waals surface area (Å²) in [4.78, 5) is 58.1. The highest BCUT2D eigenvalue weighted by atomic mass is 32.1. The van der Waals surface area contributed by atoms with Gasteiger partial charge in [0.1, 0.15) is 11.6 Å². The van der Waals surface area contributed by atoms with Crippen molar-refractivity contribution >= 4 is 69.2 Å². The fourth-order valence-electron chi connectivity index (χ4n) is 9.00. The first-order valence-corrected chi connectivity index (χ1v) is 20.9. The number of hydrogen-bond donors (Lipinski definition) is 2. The maximum absolute atomic E-state index is 14.4. The number of alkyl halides is 6. The number of imide groups is 1. The molecule has 2 aromatic carbocycles. The molecule has 4 fully saturated rings. The van der Waals surface area contributed by atoms with Crippen LogP contribution in [0, 0.1) is 11.3 Å². The first-order chi connectivity index (χ1) is 29.7. The number of carbonyl (C=O) groups excluding carboxylic acids is 4. The molecule has 22 heteroatoms. The normalized spacial score (nSPS) is 22.8. The Labute approximate surface area is 363 Å². The Kier molecular flexibility index (Phi) is 12.8. The average molecular weight is 905 g/mol. The largest absolute Gasteiger partial charge is 0.417 e. The number of anilines is 3. The molecule has 1 atom stereocenters. The lowest BCUT2D eigenvalue weighted by Crippen LogP contribution is -2.60. The number of nitrogens with zero attached hydrogens (tertiary/aromatic N) is 8. The van der Waals surface area contributed by atoms with E-state index in [2.05, 4.69) is 15.7 Å². The molecule has 1 saturated carbocycles. The van der Waals surface area contributed by atoms with Crippen molar-refractivity contribution in [3.05, 3.63) is 47.5 Å². The van der Waals surface area contributed by atoms with Crippen LogP contribution in [0.1, 0.15) is 63.5 Å². The highest BCUT2D eigenvalue weighted by Gasteiger charge is 2.53. The smallest absolute Gasteiger partial charge is 0.378 e. The number of para-hydroxylation sites is 1. The minimum Gasteiger partial charge on any atom is -0.378 e. The van der Waals surface area contributed by atoms with E-state index < -0.39 is 65.4 Å². The van der Waals surface area contributed by atoms with E-state index in [1.54, 1.807) is 55.0 Å². The second kappa shape index (κ2) is 17.7. The summed E-state index contributed by atoms with van der Waals surface area (Å²) >= 11 is 5.69. The Morgan fingerprint density at radius 3 is 2.44 bits per heavy atom. The van der Waals surface area contributed by atoms with Gasteiger partial charge in [0, 0.05) is 64.2 Å². The highest BCUT2D eigenvalue weighted by Crippen LogP contribution is 2.41. The molecular weight excluding hydrogens is 859 g/mol. The van der Waals surface area contributed by atoms with E-state index in [4.69, 9.17) is 17.0 Å². The fourth-order valence-corrected chi connectivity index (χ4v) is 9.57. The maximum atomic E-state index is 14.4. The van der Waals surface area contributed by atoms with Gasteiger partial charge < -0.3 is 19.9 Å². The number of nitriles is 1. The van der Waals surface area contributed by atoms with Crippen LogP contribution in [0.4, 0.5) is 48.3 Å². The van der Waals surface area contributed by atoms with E-state index >= 15 is 0 Å². The molecule has 5 amide bonds. The van der Waals surface area contributed by atoms with Crippen molar-refractivity contribution in [3.63, 3.8) is 0 Å². The summed E-state index contributed by atoms with van der Waals surface area (Å²) in [5, 5.41) is 19.2. The number of piperazine rings is 1. The number of thiocarbonyl (C=S) groups is 1. The number of fused-ring (bicyclic) bond motifs is 1. The van der Waals surface area contributed by atoms with Crippen LogP contribution in [-0.4, -0.2) is 129 Å². The minimum absolute atomic E-state index is 0.00533. The summed E-state index contributed by atoms with van der Waals surface area (Å²) in [6.45, 7) is 3.55. The molecule has 63 heavy (non-hydrogen) atoms. The maximum Gasteiger partial charge on any atom is 0.417 e. The first kappa shape index (κ1) is 45.6. The van der Waals surface area contributed by atoms with E-state index in [1.165, 1.54) is 15.6 Å². The topological polar surface area (TPSA) is 159 Å². The number of halogens is 6. The molecule has 4 aliphatic rings. The predicted molar refractivity (Wildman–Crippen MR) is 221 cm³/mol. The minimum atomic E-state index is -4.81. The van der Waals surface area contributed by atoms with Crippen LogP contribution >= 0.6 is 12.2 Å². The lowest BCUT2D eigenvalue weighted by Gasteiger charge is -2.42. The van der Waals surface area contributed by atoms with Crippen molar-refractivity contribution in [1.29, 1.82) is 5.26 Å². The number of benzene rings is 2. The summed E-state index contributed by atoms with van der Waals surface area (Å²) in [7, 11) is 1.61. The standard InChI is InChI=1S/C41H46F6N10O5S/c1-39(2)36(60)56(26-9-8-24(21-48)29(20-26)40(42,43)44)38(63)57(39)25-10-12-27(13-11-25)62-19-5-15-53-17-18-54(31(22-53)41(45,46)47)23-33(59)49-30-7-4-6-28-34(30)52(3)51-35(28)55-16-14-32(58)50-37(55)61/h4,6-9,20,25,27,31H,5,10-19,22-23H2,1-3H3,(H,49,59)(H,50,58,61)/t25-,27-,31-/m1/s1. The molecule has 3 aromatic rings. The monoisotopic (exact) mass is 904 g/mol. The van der Waals surface area contributed by atoms with Crippen LogP contribution in [-0.2, 0) is 32.3 Å². The van der Waals surface area contributed by atoms with Crippen LogP contribution < -0.4 is 20.4 Å². The third-order valence-corrected chi connectivity index (χ3v) is 12.5. The lowest BCUT2D eigenvalue weighted by molar-refractivity contribution is -0.197. The average Bonchev–Trinajstić information content (AvgIpc) is 3.64. The van der Waals surface area contributed by atoms with Gasteiger partial charge in [-0.05, 0) is 88.5 Å². The molecule has 15 nitrogen and oxygen atoms in total. The van der Waals surface area contributed by atoms with Gasteiger partial charge in [-0.1, -0.05) is 6.07 Å². The van der Waals surface area contributed by atoms with Crippen LogP contribution in [0.5, 0.6) is 0 Å². The van der Waals surface area contributed by atoms with Gasteiger partial charge in [-0.3, -0.25) is 39.1 Å². The molecule has 0 radical (unpaired) electrons. The van der Waals surface area contributed by atoms with E-state index in [0.29, 0.717) is 68.4 Å². The number of urea groups is 1. The molecule has 338 valence electrons. The number of amides is 5. The summed E-state index contributed by atoms with van der Waals surface area (Å²) in [5.41, 5.74) is -2.19. The Morgan fingerprint density at radius 1 is 1.05 bits per heavy atom. The number of hydrogen-bond acceptors (Lipinski definition) is 10. The molecule has 0 bridgehead atoms. The third kappa shape index (κ3) is 9.32. The lowest BCUT2D eigenvalue weighted by atomic mass is 9.89. The van der Waals surface area contributed by atoms with Gasteiger partial charge in [-0.2, -0.15) is 36.7 Å². The quantitative estimate of drug-likeness (QED) is 0.142. The summed E-state index contributed by atoms with van der Waals surface area (Å²) in [6.07, 6.45) is -6.64. The molecule has 2 N–H and O–H groups in total. The SMILES string of the molecule is Cn1nc(N2CCC(=O)NC2=O)c2cccc(NC(=O)CN3CCN(CCCO[C@H]4CC[C@H](N5C(=S)N(c6ccc(C#N)c(C(F)(F)F)c6)C(=O)C5(C)C)CC4)C[C@@H]3C(F)(F)F)c21. The van der Waals surface area contributed by atoms with Crippen molar-refractivity contribution in [2.75, 3.05) is 61.0 Å². The zero-order chi connectivity index (χ0) is 45.6. The molecule has 4 heterocycles. The van der Waals surface area contributed by atoms with Crippen molar-refractivity contribution < 1.29 is 50.3 Å². The number of aromatic nitrogens is 2. The number of rotatable bonds is 11. The van der Waals surface area contributed by atoms with E-state index in [9.17, 15) is 50.8 Å². The second-order valence-electron chi connectivity index (χ2n) is 16.6. The highest BCUT2D eigenvalue weighted by molar-refractivity contribution is 7.80. The molecule has 0 unspecified atom stereocenters. The van der Waals surface area contributed by atoms with Crippen molar-refractivity contribution in [2.45, 2.75) is 88.5 Å². The summed E-state index contributed by atoms with van der Waals surface area (Å²) in [6, 6.07) is 6.82. The number of carbonyl (C=O) groups is 4. The number of aryl methyl sites for hydroxylation is 1. The number of nitrogens with one attached hydrogen (secondary N) is 2. The Hall–Kier alpha value is -5.37. The van der Waals surface area contributed by atoms with E-state index in [-0.39, 0.29) is 54.8 Å². The molecule has 0 spiro atoms. The Balaban J connectivity index is 0.886. The molecule has 3 aliphatic heterocycles. The van der Waals surface area contributed by atoms with Crippen LogP contribution in [0.3, 0.4) is 0 Å². The zero-order valence-corrected chi connectivity index (χ0v) is 35.5. The van der Waals surface area contributed by atoms with Gasteiger partial charge in [0.15, 0.2) is 10.9 Å². The van der Waals surface area contributed by atoms with Crippen molar-refractivity contribution in [1.82, 2.24) is 29.8 Å². The number of ether oxygens (including phenoxy) is 1. The van der Waals surface area contributed by atoms with Gasteiger partial charge >= 0.3 is 18.4 Å². The first-order valence-electron chi connectivity index (χ1n) is 20.5. The molecule has 7 rings (SSSR count). The summed E-state index contributed by atoms with van der Waals surface area (Å²) in [5.74, 6) is -1.27. The van der Waals surface area contributed by atoms with Crippen LogP contribution in [0.25, 0.3) is 10.9 Å². The Bertz CT molecular complexity index is 2340. The van der Waals surface area contributed by atoms with Gasteiger partial charge in [0.2, 0.25) is 11.8 Å². The summed E-state index contributed by atoms with van der Waals surface area (Å²) < 4.78 is 92.1. The van der Waals surface area contributed by atoms with Gasteiger partial charge in [0.25, 0.3) is 5.91 Å². The second-order valence-corrected chi connectivity index (χ2v) is 17.0. The van der Waals surface area contributed by atoms with Crippen molar-refractivity contribution in [3.8, 4) is 6.07 Å². The third-order valence-electron chi connectivity index (χ3n) is 12.1. The van der Waals surface area contributed by atoms with Gasteiger partial charge in [0.05, 0.1) is 46.7 Å². The fraction of sp³-hybridized carbons (Fsp3) is 0.537. The Morgan fingerprint density at radius 2 is 1.78 bits per heavy atom. The van der Waals surface area contributed by atoms with Crippen molar-refractivity contribution in [2.24, 2.45) is 7.05 Å².